The van der Waals surface area contributed by atoms with Crippen LogP contribution < -0.4 is 9.47 Å². The first-order chi connectivity index (χ1) is 17.3. The Labute approximate surface area is 230 Å². The predicted octanol–water partition coefficient (Wildman–Crippen LogP) is 10.00. The van der Waals surface area contributed by atoms with Crippen LogP contribution in [0.3, 0.4) is 0 Å². The van der Waals surface area contributed by atoms with E-state index in [1.54, 1.807) is 0 Å². The molecule has 0 amide bonds. The Balaban J connectivity index is 2.06. The average Bonchev–Trinajstić information content (AvgIpc) is 2.86. The van der Waals surface area contributed by atoms with E-state index in [9.17, 15) is 0 Å². The van der Waals surface area contributed by atoms with Gasteiger partial charge in [0.2, 0.25) is 0 Å². The number of ether oxygens (including phenoxy) is 2. The molecule has 0 aliphatic carbocycles. The number of hydrogen-bond acceptors (Lipinski definition) is 2. The van der Waals surface area contributed by atoms with Crippen LogP contribution in [0.2, 0.25) is 15.1 Å². The van der Waals surface area contributed by atoms with Crippen molar-refractivity contribution in [1.29, 1.82) is 0 Å². The first-order valence-corrected chi connectivity index (χ1v) is 13.3. The Kier molecular flexibility index (Phi) is 10.4. The van der Waals surface area contributed by atoms with Gasteiger partial charge in [-0.15, -0.1) is 13.2 Å². The van der Waals surface area contributed by atoms with E-state index in [-0.39, 0.29) is 0 Å². The topological polar surface area (TPSA) is 18.5 Å². The summed E-state index contributed by atoms with van der Waals surface area (Å²) in [6.07, 6.45) is 7.26. The van der Waals surface area contributed by atoms with E-state index in [2.05, 4.69) is 38.3 Å². The lowest BCUT2D eigenvalue weighted by atomic mass is 9.71. The average molecular weight is 544 g/mol. The number of halogens is 3. The molecule has 0 fully saturated rings. The highest BCUT2D eigenvalue weighted by atomic mass is 35.5. The zero-order valence-corrected chi connectivity index (χ0v) is 23.2. The van der Waals surface area contributed by atoms with Crippen LogP contribution in [0.15, 0.2) is 79.9 Å². The van der Waals surface area contributed by atoms with Gasteiger partial charge in [0.15, 0.2) is 5.75 Å². The summed E-state index contributed by atoms with van der Waals surface area (Å²) in [5.74, 6) is 1.21. The summed E-state index contributed by atoms with van der Waals surface area (Å²) >= 11 is 20.2. The summed E-state index contributed by atoms with van der Waals surface area (Å²) in [4.78, 5) is 0. The highest BCUT2D eigenvalue weighted by Crippen LogP contribution is 2.46. The van der Waals surface area contributed by atoms with Gasteiger partial charge in [-0.2, -0.15) is 0 Å². The van der Waals surface area contributed by atoms with Crippen molar-refractivity contribution in [1.82, 2.24) is 0 Å². The predicted molar refractivity (Wildman–Crippen MR) is 155 cm³/mol. The molecule has 3 aromatic carbocycles. The van der Waals surface area contributed by atoms with Crippen LogP contribution in [0.25, 0.3) is 0 Å². The quantitative estimate of drug-likeness (QED) is 0.121. The van der Waals surface area contributed by atoms with Gasteiger partial charge in [0.1, 0.15) is 5.75 Å². The molecule has 0 aliphatic heterocycles. The first-order valence-electron chi connectivity index (χ1n) is 12.2. The molecule has 190 valence electrons. The van der Waals surface area contributed by atoms with E-state index in [1.165, 1.54) is 0 Å². The molecule has 1 unspecified atom stereocenters. The van der Waals surface area contributed by atoms with Crippen molar-refractivity contribution in [2.75, 3.05) is 13.2 Å². The molecule has 0 saturated carbocycles. The number of benzene rings is 3. The van der Waals surface area contributed by atoms with Crippen LogP contribution in [0.1, 0.15) is 54.9 Å². The lowest BCUT2D eigenvalue weighted by Gasteiger charge is -2.33. The van der Waals surface area contributed by atoms with Crippen LogP contribution >= 0.6 is 34.8 Å². The summed E-state index contributed by atoms with van der Waals surface area (Å²) < 4.78 is 11.9. The second-order valence-corrected chi connectivity index (χ2v) is 10.1. The number of rotatable bonds is 13. The Hall–Kier alpha value is -2.39. The SMILES string of the molecule is C=CCCCOc1c(C)cc(C(C)(c2ccccc2)c2cc(Cl)c(OCCCC=C)c(Cl)c2)cc1Cl. The molecule has 0 aromatic heterocycles. The Bertz CT molecular complexity index is 1070. The molecule has 1 atom stereocenters. The van der Waals surface area contributed by atoms with Gasteiger partial charge in [-0.05, 0) is 80.0 Å². The smallest absolute Gasteiger partial charge is 0.156 e. The molecule has 0 N–H and O–H groups in total. The molecule has 3 rings (SSSR count). The molecular weight excluding hydrogens is 511 g/mol. The molecule has 0 radical (unpaired) electrons. The van der Waals surface area contributed by atoms with Crippen molar-refractivity contribution < 1.29 is 9.47 Å². The summed E-state index contributed by atoms with van der Waals surface area (Å²) in [7, 11) is 0. The van der Waals surface area contributed by atoms with Gasteiger partial charge in [0.25, 0.3) is 0 Å². The lowest BCUT2D eigenvalue weighted by molar-refractivity contribution is 0.310. The minimum Gasteiger partial charge on any atom is -0.492 e. The Morgan fingerprint density at radius 3 is 1.69 bits per heavy atom. The molecule has 0 bridgehead atoms. The van der Waals surface area contributed by atoms with E-state index in [0.29, 0.717) is 39.8 Å². The van der Waals surface area contributed by atoms with Crippen LogP contribution in [0, 0.1) is 6.92 Å². The minimum atomic E-state index is -0.578. The number of unbranched alkanes of at least 4 members (excludes halogenated alkanes) is 2. The van der Waals surface area contributed by atoms with Crippen molar-refractivity contribution in [2.24, 2.45) is 0 Å². The summed E-state index contributed by atoms with van der Waals surface area (Å²) in [6.45, 7) is 12.8. The highest BCUT2D eigenvalue weighted by Gasteiger charge is 2.33. The summed E-state index contributed by atoms with van der Waals surface area (Å²) in [5.41, 5.74) is 3.44. The van der Waals surface area contributed by atoms with Crippen molar-refractivity contribution in [2.45, 2.75) is 44.9 Å². The molecular formula is C31H33Cl3O2. The monoisotopic (exact) mass is 542 g/mol. The zero-order chi connectivity index (χ0) is 26.1. The van der Waals surface area contributed by atoms with Gasteiger partial charge in [-0.3, -0.25) is 0 Å². The second kappa shape index (κ2) is 13.2. The molecule has 0 saturated heterocycles. The normalized spacial score (nSPS) is 12.6. The number of allylic oxidation sites excluding steroid dienone is 2. The largest absolute Gasteiger partial charge is 0.492 e. The van der Waals surface area contributed by atoms with Crippen molar-refractivity contribution in [3.63, 3.8) is 0 Å². The third-order valence-corrected chi connectivity index (χ3v) is 7.17. The summed E-state index contributed by atoms with van der Waals surface area (Å²) in [6, 6.07) is 18.2. The molecule has 0 aliphatic rings. The fourth-order valence-corrected chi connectivity index (χ4v) is 5.18. The van der Waals surface area contributed by atoms with Gasteiger partial charge < -0.3 is 9.47 Å². The fourth-order valence-electron chi connectivity index (χ4n) is 4.26. The zero-order valence-electron chi connectivity index (χ0n) is 21.0. The van der Waals surface area contributed by atoms with Gasteiger partial charge in [0.05, 0.1) is 28.3 Å². The van der Waals surface area contributed by atoms with Gasteiger partial charge in [-0.25, -0.2) is 0 Å². The maximum atomic E-state index is 6.77. The Morgan fingerprint density at radius 2 is 1.19 bits per heavy atom. The molecule has 0 spiro atoms. The maximum absolute atomic E-state index is 6.77. The Morgan fingerprint density at radius 1 is 0.722 bits per heavy atom. The lowest BCUT2D eigenvalue weighted by Crippen LogP contribution is -2.26. The molecule has 2 nitrogen and oxygen atoms in total. The fraction of sp³-hybridized carbons (Fsp3) is 0.290. The third-order valence-electron chi connectivity index (χ3n) is 6.33. The standard InChI is InChI=1S/C31H33Cl3O2/c1-5-7-12-16-35-29-22(3)18-24(19-26(29)32)31(4,23-14-10-9-11-15-23)25-20-27(33)30(28(34)21-25)36-17-13-8-6-2/h5-6,9-11,14-15,18-21H,1-2,7-8,12-13,16-17H2,3-4H3. The minimum absolute atomic E-state index is 0.475. The number of hydrogen-bond donors (Lipinski definition) is 0. The van der Waals surface area contributed by atoms with Crippen LogP contribution in [-0.4, -0.2) is 13.2 Å². The summed E-state index contributed by atoms with van der Waals surface area (Å²) in [5, 5.41) is 1.52. The molecule has 0 heterocycles. The van der Waals surface area contributed by atoms with E-state index >= 15 is 0 Å². The number of aryl methyl sites for hydroxylation is 1. The van der Waals surface area contributed by atoms with Gasteiger partial charge >= 0.3 is 0 Å². The molecule has 3 aromatic rings. The van der Waals surface area contributed by atoms with Gasteiger partial charge in [-0.1, -0.05) is 83.4 Å². The second-order valence-electron chi connectivity index (χ2n) is 8.92. The van der Waals surface area contributed by atoms with E-state index in [0.717, 1.165) is 47.9 Å². The highest BCUT2D eigenvalue weighted by molar-refractivity contribution is 6.37. The van der Waals surface area contributed by atoms with Crippen molar-refractivity contribution >= 4 is 34.8 Å². The van der Waals surface area contributed by atoms with Crippen LogP contribution in [0.5, 0.6) is 11.5 Å². The van der Waals surface area contributed by atoms with Crippen LogP contribution in [0.4, 0.5) is 0 Å². The van der Waals surface area contributed by atoms with Gasteiger partial charge in [0, 0.05) is 5.41 Å². The molecule has 5 heteroatoms. The maximum Gasteiger partial charge on any atom is 0.156 e. The molecule has 36 heavy (non-hydrogen) atoms. The van der Waals surface area contributed by atoms with E-state index in [4.69, 9.17) is 44.3 Å². The third kappa shape index (κ3) is 6.48. The van der Waals surface area contributed by atoms with E-state index < -0.39 is 5.41 Å². The van der Waals surface area contributed by atoms with E-state index in [1.807, 2.05) is 55.5 Å². The van der Waals surface area contributed by atoms with Crippen molar-refractivity contribution in [3.05, 3.63) is 117 Å². The van der Waals surface area contributed by atoms with Crippen LogP contribution in [-0.2, 0) is 5.41 Å². The first kappa shape index (κ1) is 28.2. The van der Waals surface area contributed by atoms with Crippen molar-refractivity contribution in [3.8, 4) is 11.5 Å².